The fourth-order valence-electron chi connectivity index (χ4n) is 5.10. The van der Waals surface area contributed by atoms with Gasteiger partial charge in [0.15, 0.2) is 0 Å². The predicted molar refractivity (Wildman–Crippen MR) is 148 cm³/mol. The van der Waals surface area contributed by atoms with Crippen molar-refractivity contribution >= 4 is 40.1 Å². The number of amides is 3. The molecule has 0 spiro atoms. The molecule has 1 unspecified atom stereocenters. The first-order valence-electron chi connectivity index (χ1n) is 13.1. The molecule has 3 amide bonds. The van der Waals surface area contributed by atoms with Crippen molar-refractivity contribution in [2.24, 2.45) is 5.92 Å². The van der Waals surface area contributed by atoms with Crippen molar-refractivity contribution in [1.82, 2.24) is 19.4 Å². The summed E-state index contributed by atoms with van der Waals surface area (Å²) in [4.78, 5) is 53.6. The first kappa shape index (κ1) is 26.5. The molecule has 1 atom stereocenters. The van der Waals surface area contributed by atoms with Gasteiger partial charge in [0.05, 0.1) is 27.5 Å². The number of anilines is 1. The van der Waals surface area contributed by atoms with Gasteiger partial charge in [0.2, 0.25) is 0 Å². The largest absolute Gasteiger partial charge is 0.350 e. The summed E-state index contributed by atoms with van der Waals surface area (Å²) in [5.74, 6) is 0.0233. The van der Waals surface area contributed by atoms with Gasteiger partial charge < -0.3 is 15.5 Å². The number of halogens is 1. The van der Waals surface area contributed by atoms with Gasteiger partial charge in [-0.05, 0) is 74.9 Å². The number of nitrogens with zero attached hydrogens (tertiary/aromatic N) is 4. The number of nitriles is 1. The molecule has 2 N–H and O–H groups in total. The molecule has 2 aromatic carbocycles. The Balaban J connectivity index is 1.30. The minimum absolute atomic E-state index is 0.204. The average molecular weight is 549 g/mol. The number of urea groups is 1. The second kappa shape index (κ2) is 10.9. The van der Waals surface area contributed by atoms with Crippen LogP contribution in [0.2, 0.25) is 5.02 Å². The molecule has 1 aliphatic carbocycles. The molecular formula is C28H29ClN6O4. The van der Waals surface area contributed by atoms with Crippen LogP contribution in [0.4, 0.5) is 10.5 Å². The molecule has 1 aromatic heterocycles. The van der Waals surface area contributed by atoms with E-state index in [9.17, 15) is 19.2 Å². The Morgan fingerprint density at radius 1 is 1.10 bits per heavy atom. The van der Waals surface area contributed by atoms with Crippen molar-refractivity contribution in [2.45, 2.75) is 51.7 Å². The monoisotopic (exact) mass is 548 g/mol. The van der Waals surface area contributed by atoms with Crippen LogP contribution >= 0.6 is 11.6 Å². The number of aromatic nitrogens is 2. The summed E-state index contributed by atoms with van der Waals surface area (Å²) in [6.07, 6.45) is 3.56. The summed E-state index contributed by atoms with van der Waals surface area (Å²) in [7, 11) is 0. The van der Waals surface area contributed by atoms with Gasteiger partial charge in [0.1, 0.15) is 6.07 Å². The van der Waals surface area contributed by atoms with Gasteiger partial charge in [0.25, 0.3) is 11.5 Å². The fourth-order valence-corrected chi connectivity index (χ4v) is 5.32. The normalized spacial score (nSPS) is 16.7. The SMILES string of the molecule is CCn1c(=O)n(CC2CC2)c(=O)c2cc(NC(=O)N3CCCC3CNC(=O)c3ccc(C#N)c(Cl)c3)ccc21. The van der Waals surface area contributed by atoms with Gasteiger partial charge in [-0.1, -0.05) is 11.6 Å². The lowest BCUT2D eigenvalue weighted by Gasteiger charge is -2.25. The molecule has 5 rings (SSSR count). The fraction of sp³-hybridized carbons (Fsp3) is 0.393. The Bertz CT molecular complexity index is 1620. The van der Waals surface area contributed by atoms with Crippen molar-refractivity contribution in [3.05, 3.63) is 73.4 Å². The Labute approximate surface area is 229 Å². The summed E-state index contributed by atoms with van der Waals surface area (Å²) in [6.45, 7) is 3.51. The Hall–Kier alpha value is -4.10. The van der Waals surface area contributed by atoms with Crippen molar-refractivity contribution in [2.75, 3.05) is 18.4 Å². The molecule has 3 aromatic rings. The van der Waals surface area contributed by atoms with Crippen LogP contribution in [0.3, 0.4) is 0 Å². The van der Waals surface area contributed by atoms with Crippen molar-refractivity contribution < 1.29 is 9.59 Å². The van der Waals surface area contributed by atoms with Gasteiger partial charge >= 0.3 is 11.7 Å². The molecule has 0 bridgehead atoms. The van der Waals surface area contributed by atoms with E-state index < -0.39 is 0 Å². The second-order valence-electron chi connectivity index (χ2n) is 10.1. The van der Waals surface area contributed by atoms with Gasteiger partial charge in [-0.3, -0.25) is 18.7 Å². The lowest BCUT2D eigenvalue weighted by Crippen LogP contribution is -2.45. The Kier molecular flexibility index (Phi) is 7.44. The van der Waals surface area contributed by atoms with Crippen molar-refractivity contribution in [1.29, 1.82) is 5.26 Å². The molecule has 39 heavy (non-hydrogen) atoms. The molecule has 2 heterocycles. The third-order valence-electron chi connectivity index (χ3n) is 7.42. The van der Waals surface area contributed by atoms with Crippen molar-refractivity contribution in [3.63, 3.8) is 0 Å². The number of aryl methyl sites for hydroxylation is 1. The highest BCUT2D eigenvalue weighted by molar-refractivity contribution is 6.32. The van der Waals surface area contributed by atoms with Crippen LogP contribution in [0.1, 0.15) is 48.5 Å². The molecule has 2 fully saturated rings. The molecular weight excluding hydrogens is 520 g/mol. The lowest BCUT2D eigenvalue weighted by molar-refractivity contribution is 0.0943. The summed E-state index contributed by atoms with van der Waals surface area (Å²) in [5, 5.41) is 15.4. The van der Waals surface area contributed by atoms with Crippen LogP contribution < -0.4 is 21.9 Å². The third-order valence-corrected chi connectivity index (χ3v) is 7.73. The van der Waals surface area contributed by atoms with Crippen LogP contribution in [0, 0.1) is 17.2 Å². The van der Waals surface area contributed by atoms with E-state index in [2.05, 4.69) is 10.6 Å². The first-order chi connectivity index (χ1) is 18.8. The van der Waals surface area contributed by atoms with E-state index in [4.69, 9.17) is 16.9 Å². The lowest BCUT2D eigenvalue weighted by atomic mass is 10.1. The molecule has 11 heteroatoms. The van der Waals surface area contributed by atoms with Crippen molar-refractivity contribution in [3.8, 4) is 6.07 Å². The molecule has 202 valence electrons. The highest BCUT2D eigenvalue weighted by Crippen LogP contribution is 2.30. The molecule has 1 saturated heterocycles. The highest BCUT2D eigenvalue weighted by Gasteiger charge is 2.29. The van der Waals surface area contributed by atoms with E-state index in [1.54, 1.807) is 27.7 Å². The van der Waals surface area contributed by atoms with Crippen LogP contribution in [-0.4, -0.2) is 45.1 Å². The summed E-state index contributed by atoms with van der Waals surface area (Å²) in [5.41, 5.74) is 0.992. The van der Waals surface area contributed by atoms with Crippen LogP contribution in [-0.2, 0) is 13.1 Å². The van der Waals surface area contributed by atoms with Crippen LogP contribution in [0.25, 0.3) is 10.9 Å². The van der Waals surface area contributed by atoms with E-state index in [-0.39, 0.29) is 40.8 Å². The minimum atomic E-state index is -0.340. The second-order valence-corrected chi connectivity index (χ2v) is 10.5. The zero-order chi connectivity index (χ0) is 27.7. The van der Waals surface area contributed by atoms with E-state index >= 15 is 0 Å². The molecule has 1 aliphatic heterocycles. The maximum Gasteiger partial charge on any atom is 0.331 e. The smallest absolute Gasteiger partial charge is 0.331 e. The molecule has 0 radical (unpaired) electrons. The van der Waals surface area contributed by atoms with Crippen LogP contribution in [0.15, 0.2) is 46.0 Å². The van der Waals surface area contributed by atoms with E-state index in [1.807, 2.05) is 13.0 Å². The molecule has 1 saturated carbocycles. The maximum atomic E-state index is 13.2. The minimum Gasteiger partial charge on any atom is -0.350 e. The van der Waals surface area contributed by atoms with Gasteiger partial charge in [-0.25, -0.2) is 9.59 Å². The highest BCUT2D eigenvalue weighted by atomic mass is 35.5. The summed E-state index contributed by atoms with van der Waals surface area (Å²) >= 11 is 6.05. The number of nitrogens with one attached hydrogen (secondary N) is 2. The van der Waals surface area contributed by atoms with E-state index in [0.29, 0.717) is 53.3 Å². The van der Waals surface area contributed by atoms with E-state index in [0.717, 1.165) is 25.7 Å². The number of likely N-dealkylation sites (tertiary alicyclic amines) is 1. The molecule has 10 nitrogen and oxygen atoms in total. The quantitative estimate of drug-likeness (QED) is 0.466. The number of carbonyl (C=O) groups excluding carboxylic acids is 2. The zero-order valence-corrected chi connectivity index (χ0v) is 22.3. The molecule has 2 aliphatic rings. The number of rotatable bonds is 7. The maximum absolute atomic E-state index is 13.2. The number of carbonyl (C=O) groups is 2. The number of fused-ring (bicyclic) bond motifs is 1. The average Bonchev–Trinajstić information content (AvgIpc) is 3.63. The van der Waals surface area contributed by atoms with Gasteiger partial charge in [-0.15, -0.1) is 0 Å². The van der Waals surface area contributed by atoms with Gasteiger partial charge in [-0.2, -0.15) is 5.26 Å². The Morgan fingerprint density at radius 2 is 1.90 bits per heavy atom. The Morgan fingerprint density at radius 3 is 2.59 bits per heavy atom. The predicted octanol–water partition coefficient (Wildman–Crippen LogP) is 3.54. The van der Waals surface area contributed by atoms with Gasteiger partial charge in [0, 0.05) is 37.4 Å². The summed E-state index contributed by atoms with van der Waals surface area (Å²) in [6, 6.07) is 10.9. The number of benzene rings is 2. The van der Waals surface area contributed by atoms with E-state index in [1.165, 1.54) is 22.8 Å². The topological polar surface area (TPSA) is 129 Å². The zero-order valence-electron chi connectivity index (χ0n) is 21.6. The summed E-state index contributed by atoms with van der Waals surface area (Å²) < 4.78 is 2.90. The standard InChI is InChI=1S/C28H29ClN6O4/c1-2-33-24-10-9-20(13-22(24)26(37)35(28(33)39)16-17-5-6-17)32-27(38)34-11-3-4-21(34)15-31-25(36)18-7-8-19(14-30)23(29)12-18/h7-10,12-13,17,21H,2-6,11,15-16H2,1H3,(H,31,36)(H,32,38). The number of hydrogen-bond acceptors (Lipinski definition) is 5. The van der Waals surface area contributed by atoms with Crippen LogP contribution in [0.5, 0.6) is 0 Å². The number of hydrogen-bond donors (Lipinski definition) is 2. The third kappa shape index (κ3) is 5.40. The first-order valence-corrected chi connectivity index (χ1v) is 13.5.